The van der Waals surface area contributed by atoms with Gasteiger partial charge in [0, 0.05) is 18.7 Å². The number of hydrogen-bond acceptors (Lipinski definition) is 3. The molecule has 1 aliphatic heterocycles. The van der Waals surface area contributed by atoms with Crippen LogP contribution in [0.3, 0.4) is 0 Å². The molecule has 1 amide bonds. The molecule has 0 radical (unpaired) electrons. The zero-order chi connectivity index (χ0) is 12.3. The second-order valence-electron chi connectivity index (χ2n) is 4.43. The normalized spacial score (nSPS) is 18.5. The molecule has 1 saturated heterocycles. The molecule has 17 heavy (non-hydrogen) atoms. The highest BCUT2D eigenvalue weighted by molar-refractivity contribution is 5.94. The Morgan fingerprint density at radius 3 is 2.41 bits per heavy atom. The van der Waals surface area contributed by atoms with Gasteiger partial charge in [0.05, 0.1) is 6.07 Å². The second-order valence-corrected chi connectivity index (χ2v) is 4.43. The van der Waals surface area contributed by atoms with Gasteiger partial charge < -0.3 is 10.6 Å². The van der Waals surface area contributed by atoms with Crippen LogP contribution < -0.4 is 5.73 Å². The lowest BCUT2D eigenvalue weighted by atomic mass is 9.90. The van der Waals surface area contributed by atoms with Crippen LogP contribution in [0.4, 0.5) is 0 Å². The molecule has 0 aliphatic carbocycles. The topological polar surface area (TPSA) is 70.1 Å². The highest BCUT2D eigenvalue weighted by Crippen LogP contribution is 2.20. The van der Waals surface area contributed by atoms with Crippen molar-refractivity contribution in [3.63, 3.8) is 0 Å². The highest BCUT2D eigenvalue weighted by atomic mass is 16.2. The molecule has 88 valence electrons. The van der Waals surface area contributed by atoms with Gasteiger partial charge in [-0.1, -0.05) is 18.2 Å². The Labute approximate surface area is 101 Å². The van der Waals surface area contributed by atoms with E-state index in [0.717, 1.165) is 0 Å². The first-order chi connectivity index (χ1) is 8.14. The third-order valence-corrected chi connectivity index (χ3v) is 3.19. The summed E-state index contributed by atoms with van der Waals surface area (Å²) in [5, 5.41) is 8.91. The van der Waals surface area contributed by atoms with Crippen molar-refractivity contribution in [1.29, 1.82) is 5.26 Å². The van der Waals surface area contributed by atoms with Gasteiger partial charge in [-0.15, -0.1) is 0 Å². The lowest BCUT2D eigenvalue weighted by molar-refractivity contribution is 0.0695. The van der Waals surface area contributed by atoms with E-state index in [9.17, 15) is 4.79 Å². The van der Waals surface area contributed by atoms with Crippen LogP contribution in [0, 0.1) is 11.3 Å². The minimum absolute atomic E-state index is 0.0191. The molecule has 0 spiro atoms. The number of piperidine rings is 1. The zero-order valence-corrected chi connectivity index (χ0v) is 9.60. The molecule has 4 nitrogen and oxygen atoms in total. The van der Waals surface area contributed by atoms with Gasteiger partial charge in [-0.2, -0.15) is 5.26 Å². The Morgan fingerprint density at radius 1 is 1.29 bits per heavy atom. The van der Waals surface area contributed by atoms with Gasteiger partial charge >= 0.3 is 0 Å². The zero-order valence-electron chi connectivity index (χ0n) is 9.60. The van der Waals surface area contributed by atoms with E-state index in [4.69, 9.17) is 11.0 Å². The lowest BCUT2D eigenvalue weighted by Gasteiger charge is -2.34. The number of likely N-dealkylation sites (tertiary alicyclic amines) is 1. The maximum absolute atomic E-state index is 12.1. The van der Waals surface area contributed by atoms with Gasteiger partial charge in [-0.05, 0) is 25.0 Å². The van der Waals surface area contributed by atoms with Gasteiger partial charge in [0.15, 0.2) is 0 Å². The number of amides is 1. The van der Waals surface area contributed by atoms with E-state index in [1.807, 2.05) is 18.2 Å². The molecule has 0 atom stereocenters. The van der Waals surface area contributed by atoms with Crippen LogP contribution in [0.2, 0.25) is 0 Å². The van der Waals surface area contributed by atoms with Crippen molar-refractivity contribution >= 4 is 5.91 Å². The van der Waals surface area contributed by atoms with Gasteiger partial charge in [-0.25, -0.2) is 0 Å². The SMILES string of the molecule is N#CC1(N)CCN(C(=O)c2ccccc2)CC1. The van der Waals surface area contributed by atoms with Crippen LogP contribution >= 0.6 is 0 Å². The quantitative estimate of drug-likeness (QED) is 0.785. The van der Waals surface area contributed by atoms with Crippen LogP contribution in [-0.4, -0.2) is 29.4 Å². The molecular formula is C13H15N3O. The maximum Gasteiger partial charge on any atom is 0.253 e. The van der Waals surface area contributed by atoms with E-state index in [1.54, 1.807) is 17.0 Å². The van der Waals surface area contributed by atoms with Crippen LogP contribution in [0.15, 0.2) is 30.3 Å². The van der Waals surface area contributed by atoms with E-state index < -0.39 is 5.54 Å². The lowest BCUT2D eigenvalue weighted by Crippen LogP contribution is -2.50. The number of carbonyl (C=O) groups excluding carboxylic acids is 1. The van der Waals surface area contributed by atoms with Crippen LogP contribution in [0.5, 0.6) is 0 Å². The van der Waals surface area contributed by atoms with Crippen molar-refractivity contribution in [3.05, 3.63) is 35.9 Å². The third kappa shape index (κ3) is 2.45. The number of benzene rings is 1. The molecule has 0 saturated carbocycles. The summed E-state index contributed by atoms with van der Waals surface area (Å²) in [5.74, 6) is 0.0191. The van der Waals surface area contributed by atoms with Crippen LogP contribution in [0.1, 0.15) is 23.2 Å². The number of nitriles is 1. The minimum atomic E-state index is -0.756. The fourth-order valence-corrected chi connectivity index (χ4v) is 1.98. The summed E-state index contributed by atoms with van der Waals surface area (Å²) in [6.07, 6.45) is 1.09. The van der Waals surface area contributed by atoms with Gasteiger partial charge in [0.1, 0.15) is 5.54 Å². The summed E-state index contributed by atoms with van der Waals surface area (Å²) >= 11 is 0. The predicted molar refractivity (Wildman–Crippen MR) is 64.1 cm³/mol. The molecule has 1 aromatic carbocycles. The predicted octanol–water partition coefficient (Wildman–Crippen LogP) is 1.14. The van der Waals surface area contributed by atoms with Crippen molar-refractivity contribution in [1.82, 2.24) is 4.90 Å². The summed E-state index contributed by atoms with van der Waals surface area (Å²) in [5.41, 5.74) is 5.79. The van der Waals surface area contributed by atoms with Crippen LogP contribution in [0.25, 0.3) is 0 Å². The van der Waals surface area contributed by atoms with Crippen molar-refractivity contribution in [3.8, 4) is 6.07 Å². The van der Waals surface area contributed by atoms with E-state index in [2.05, 4.69) is 6.07 Å². The number of carbonyl (C=O) groups is 1. The molecule has 1 heterocycles. The standard InChI is InChI=1S/C13H15N3O/c14-10-13(15)6-8-16(9-7-13)12(17)11-4-2-1-3-5-11/h1-5H,6-9,15H2. The molecule has 1 fully saturated rings. The first-order valence-corrected chi connectivity index (χ1v) is 5.69. The molecular weight excluding hydrogens is 214 g/mol. The Morgan fingerprint density at radius 2 is 1.88 bits per heavy atom. The summed E-state index contributed by atoms with van der Waals surface area (Å²) in [6.45, 7) is 1.11. The van der Waals surface area contributed by atoms with Crippen molar-refractivity contribution in [2.45, 2.75) is 18.4 Å². The number of hydrogen-bond donors (Lipinski definition) is 1. The molecule has 2 N–H and O–H groups in total. The third-order valence-electron chi connectivity index (χ3n) is 3.19. The van der Waals surface area contributed by atoms with E-state index in [-0.39, 0.29) is 5.91 Å². The maximum atomic E-state index is 12.1. The van der Waals surface area contributed by atoms with Crippen molar-refractivity contribution < 1.29 is 4.79 Å². The summed E-state index contributed by atoms with van der Waals surface area (Å²) in [6, 6.07) is 11.3. The monoisotopic (exact) mass is 229 g/mol. The molecule has 4 heteroatoms. The summed E-state index contributed by atoms with van der Waals surface area (Å²) < 4.78 is 0. The average molecular weight is 229 g/mol. The number of nitrogens with two attached hydrogens (primary N) is 1. The smallest absolute Gasteiger partial charge is 0.253 e. The minimum Gasteiger partial charge on any atom is -0.338 e. The van der Waals surface area contributed by atoms with Crippen molar-refractivity contribution in [2.75, 3.05) is 13.1 Å². The molecule has 0 unspecified atom stereocenters. The molecule has 0 bridgehead atoms. The molecule has 1 aromatic rings. The first kappa shape index (κ1) is 11.6. The molecule has 0 aromatic heterocycles. The van der Waals surface area contributed by atoms with Gasteiger partial charge in [-0.3, -0.25) is 4.79 Å². The Kier molecular flexibility index (Phi) is 3.12. The summed E-state index contributed by atoms with van der Waals surface area (Å²) in [4.78, 5) is 13.9. The average Bonchev–Trinajstić information content (AvgIpc) is 2.40. The van der Waals surface area contributed by atoms with Crippen LogP contribution in [-0.2, 0) is 0 Å². The Bertz CT molecular complexity index is 441. The van der Waals surface area contributed by atoms with Gasteiger partial charge in [0.25, 0.3) is 5.91 Å². The first-order valence-electron chi connectivity index (χ1n) is 5.69. The Balaban J connectivity index is 2.03. The van der Waals surface area contributed by atoms with E-state index in [1.165, 1.54) is 0 Å². The summed E-state index contributed by atoms with van der Waals surface area (Å²) in [7, 11) is 0. The van der Waals surface area contributed by atoms with Crippen molar-refractivity contribution in [2.24, 2.45) is 5.73 Å². The fraction of sp³-hybridized carbons (Fsp3) is 0.385. The number of nitrogens with zero attached hydrogens (tertiary/aromatic N) is 2. The molecule has 1 aliphatic rings. The van der Waals surface area contributed by atoms with Gasteiger partial charge in [0.2, 0.25) is 0 Å². The van der Waals surface area contributed by atoms with E-state index >= 15 is 0 Å². The fourth-order valence-electron chi connectivity index (χ4n) is 1.98. The largest absolute Gasteiger partial charge is 0.338 e. The van der Waals surface area contributed by atoms with E-state index in [0.29, 0.717) is 31.5 Å². The number of rotatable bonds is 1. The highest BCUT2D eigenvalue weighted by Gasteiger charge is 2.32. The second kappa shape index (κ2) is 4.56. The Hall–Kier alpha value is -1.86. The molecule has 2 rings (SSSR count).